The predicted molar refractivity (Wildman–Crippen MR) is 78.0 cm³/mol. The number of amides is 1. The standard InChI is InChI=1S/C16H16F2N2O/c1-10-2-7-13(17)14(15(10)18)16(21)20-9-8-11-3-5-12(19)6-4-11/h2-7H,8-9,19H2,1H3,(H,20,21). The van der Waals surface area contributed by atoms with Gasteiger partial charge in [0.2, 0.25) is 0 Å². The third-order valence-electron chi connectivity index (χ3n) is 3.19. The number of anilines is 1. The van der Waals surface area contributed by atoms with E-state index in [0.717, 1.165) is 11.6 Å². The van der Waals surface area contributed by atoms with Crippen molar-refractivity contribution in [2.75, 3.05) is 12.3 Å². The van der Waals surface area contributed by atoms with Crippen LogP contribution in [0.3, 0.4) is 0 Å². The first-order chi connectivity index (χ1) is 9.99. The lowest BCUT2D eigenvalue weighted by atomic mass is 10.1. The number of hydrogen-bond donors (Lipinski definition) is 2. The highest BCUT2D eigenvalue weighted by molar-refractivity contribution is 5.94. The van der Waals surface area contributed by atoms with Gasteiger partial charge in [-0.1, -0.05) is 18.2 Å². The molecule has 21 heavy (non-hydrogen) atoms. The van der Waals surface area contributed by atoms with Crippen LogP contribution in [0.4, 0.5) is 14.5 Å². The van der Waals surface area contributed by atoms with E-state index in [2.05, 4.69) is 5.32 Å². The molecule has 0 aliphatic rings. The normalized spacial score (nSPS) is 10.4. The van der Waals surface area contributed by atoms with Crippen LogP contribution in [0, 0.1) is 18.6 Å². The van der Waals surface area contributed by atoms with Gasteiger partial charge in [0, 0.05) is 12.2 Å². The van der Waals surface area contributed by atoms with E-state index in [-0.39, 0.29) is 12.1 Å². The van der Waals surface area contributed by atoms with E-state index in [1.807, 2.05) is 12.1 Å². The van der Waals surface area contributed by atoms with Gasteiger partial charge in [-0.15, -0.1) is 0 Å². The van der Waals surface area contributed by atoms with Gasteiger partial charge in [-0.3, -0.25) is 4.79 Å². The molecule has 2 rings (SSSR count). The Kier molecular flexibility index (Phi) is 4.52. The fourth-order valence-electron chi connectivity index (χ4n) is 1.96. The third kappa shape index (κ3) is 3.56. The van der Waals surface area contributed by atoms with Gasteiger partial charge in [-0.2, -0.15) is 0 Å². The average Bonchev–Trinajstić information content (AvgIpc) is 2.45. The molecule has 2 aromatic rings. The zero-order valence-corrected chi connectivity index (χ0v) is 11.6. The van der Waals surface area contributed by atoms with E-state index in [4.69, 9.17) is 5.73 Å². The number of carbonyl (C=O) groups is 1. The van der Waals surface area contributed by atoms with Crippen LogP contribution in [-0.2, 0) is 6.42 Å². The number of nitrogens with two attached hydrogens (primary N) is 1. The van der Waals surface area contributed by atoms with Gasteiger partial charge in [0.05, 0.1) is 0 Å². The summed E-state index contributed by atoms with van der Waals surface area (Å²) in [7, 11) is 0. The summed E-state index contributed by atoms with van der Waals surface area (Å²) in [6.45, 7) is 1.77. The Morgan fingerprint density at radius 1 is 1.14 bits per heavy atom. The number of halogens is 2. The van der Waals surface area contributed by atoms with Gasteiger partial charge >= 0.3 is 0 Å². The Hall–Kier alpha value is -2.43. The lowest BCUT2D eigenvalue weighted by Crippen LogP contribution is -2.27. The molecule has 0 saturated carbocycles. The smallest absolute Gasteiger partial charge is 0.257 e. The Bertz CT molecular complexity index is 654. The minimum atomic E-state index is -0.858. The molecule has 0 atom stereocenters. The Morgan fingerprint density at radius 3 is 2.48 bits per heavy atom. The fourth-order valence-corrected chi connectivity index (χ4v) is 1.96. The zero-order valence-electron chi connectivity index (χ0n) is 11.6. The Morgan fingerprint density at radius 2 is 1.81 bits per heavy atom. The minimum Gasteiger partial charge on any atom is -0.399 e. The summed E-state index contributed by atoms with van der Waals surface area (Å²) in [4.78, 5) is 11.9. The molecule has 0 fully saturated rings. The molecular weight excluding hydrogens is 274 g/mol. The summed E-state index contributed by atoms with van der Waals surface area (Å²) in [5.41, 5.74) is 6.92. The molecule has 110 valence electrons. The highest BCUT2D eigenvalue weighted by Crippen LogP contribution is 2.16. The SMILES string of the molecule is Cc1ccc(F)c(C(=O)NCCc2ccc(N)cc2)c1F. The molecule has 0 spiro atoms. The van der Waals surface area contributed by atoms with Crippen molar-refractivity contribution in [3.63, 3.8) is 0 Å². The number of benzene rings is 2. The van der Waals surface area contributed by atoms with Crippen molar-refractivity contribution in [2.24, 2.45) is 0 Å². The maximum atomic E-state index is 13.8. The van der Waals surface area contributed by atoms with Gasteiger partial charge in [-0.25, -0.2) is 8.78 Å². The Balaban J connectivity index is 1.99. The largest absolute Gasteiger partial charge is 0.399 e. The number of carbonyl (C=O) groups excluding carboxylic acids is 1. The van der Waals surface area contributed by atoms with Crippen molar-refractivity contribution in [1.82, 2.24) is 5.32 Å². The van der Waals surface area contributed by atoms with Crippen LogP contribution >= 0.6 is 0 Å². The Labute approximate surface area is 121 Å². The van der Waals surface area contributed by atoms with Crippen molar-refractivity contribution in [3.05, 3.63) is 64.7 Å². The van der Waals surface area contributed by atoms with Crippen LogP contribution in [-0.4, -0.2) is 12.5 Å². The van der Waals surface area contributed by atoms with Crippen molar-refractivity contribution < 1.29 is 13.6 Å². The van der Waals surface area contributed by atoms with E-state index >= 15 is 0 Å². The van der Waals surface area contributed by atoms with E-state index in [0.29, 0.717) is 12.1 Å². The molecule has 0 aliphatic carbocycles. The van der Waals surface area contributed by atoms with Gasteiger partial charge in [0.25, 0.3) is 5.91 Å². The molecule has 3 N–H and O–H groups in total. The first-order valence-electron chi connectivity index (χ1n) is 6.56. The number of nitrogen functional groups attached to an aromatic ring is 1. The van der Waals surface area contributed by atoms with Crippen LogP contribution in [0.1, 0.15) is 21.5 Å². The molecule has 1 amide bonds. The summed E-state index contributed by atoms with van der Waals surface area (Å²) in [6.07, 6.45) is 0.557. The zero-order chi connectivity index (χ0) is 15.4. The van der Waals surface area contributed by atoms with Crippen LogP contribution in [0.15, 0.2) is 36.4 Å². The summed E-state index contributed by atoms with van der Waals surface area (Å²) >= 11 is 0. The van der Waals surface area contributed by atoms with Gasteiger partial charge in [0.1, 0.15) is 17.2 Å². The van der Waals surface area contributed by atoms with Crippen molar-refractivity contribution >= 4 is 11.6 Å². The quantitative estimate of drug-likeness (QED) is 0.851. The second kappa shape index (κ2) is 6.35. The fraction of sp³-hybridized carbons (Fsp3) is 0.188. The number of nitrogens with one attached hydrogen (secondary N) is 1. The summed E-state index contributed by atoms with van der Waals surface area (Å²) < 4.78 is 27.4. The van der Waals surface area contributed by atoms with Gasteiger partial charge < -0.3 is 11.1 Å². The molecule has 0 radical (unpaired) electrons. The summed E-state index contributed by atoms with van der Waals surface area (Å²) in [6, 6.07) is 9.60. The first kappa shape index (κ1) is 15.0. The summed E-state index contributed by atoms with van der Waals surface area (Å²) in [5.74, 6) is -2.42. The summed E-state index contributed by atoms with van der Waals surface area (Å²) in [5, 5.41) is 2.52. The first-order valence-corrected chi connectivity index (χ1v) is 6.56. The molecule has 0 unspecified atom stereocenters. The predicted octanol–water partition coefficient (Wildman–Crippen LogP) is 2.83. The average molecular weight is 290 g/mol. The van der Waals surface area contributed by atoms with E-state index in [9.17, 15) is 13.6 Å². The van der Waals surface area contributed by atoms with Crippen LogP contribution < -0.4 is 11.1 Å². The second-order valence-corrected chi connectivity index (χ2v) is 4.80. The van der Waals surface area contributed by atoms with E-state index in [1.165, 1.54) is 13.0 Å². The molecule has 0 bridgehead atoms. The second-order valence-electron chi connectivity index (χ2n) is 4.80. The highest BCUT2D eigenvalue weighted by atomic mass is 19.1. The lowest BCUT2D eigenvalue weighted by Gasteiger charge is -2.09. The molecular formula is C16H16F2N2O. The lowest BCUT2D eigenvalue weighted by molar-refractivity contribution is 0.0945. The van der Waals surface area contributed by atoms with Crippen LogP contribution in [0.25, 0.3) is 0 Å². The minimum absolute atomic E-state index is 0.236. The molecule has 5 heteroatoms. The van der Waals surface area contributed by atoms with Gasteiger partial charge in [0.15, 0.2) is 0 Å². The molecule has 0 aromatic heterocycles. The van der Waals surface area contributed by atoms with Crippen molar-refractivity contribution in [3.8, 4) is 0 Å². The molecule has 0 aliphatic heterocycles. The maximum Gasteiger partial charge on any atom is 0.257 e. The van der Waals surface area contributed by atoms with Crippen molar-refractivity contribution in [2.45, 2.75) is 13.3 Å². The number of aryl methyl sites for hydroxylation is 1. The highest BCUT2D eigenvalue weighted by Gasteiger charge is 2.18. The topological polar surface area (TPSA) is 55.1 Å². The van der Waals surface area contributed by atoms with Gasteiger partial charge in [-0.05, 0) is 42.7 Å². The van der Waals surface area contributed by atoms with Crippen molar-refractivity contribution in [1.29, 1.82) is 0 Å². The third-order valence-corrected chi connectivity index (χ3v) is 3.19. The molecule has 3 nitrogen and oxygen atoms in total. The van der Waals surface area contributed by atoms with E-state index in [1.54, 1.807) is 12.1 Å². The van der Waals surface area contributed by atoms with Crippen LogP contribution in [0.5, 0.6) is 0 Å². The number of rotatable bonds is 4. The number of hydrogen-bond acceptors (Lipinski definition) is 2. The molecule has 2 aromatic carbocycles. The molecule has 0 heterocycles. The molecule has 0 saturated heterocycles. The monoisotopic (exact) mass is 290 g/mol. The van der Waals surface area contributed by atoms with E-state index < -0.39 is 23.1 Å². The van der Waals surface area contributed by atoms with Crippen LogP contribution in [0.2, 0.25) is 0 Å². The maximum absolute atomic E-state index is 13.8.